The van der Waals surface area contributed by atoms with Crippen molar-refractivity contribution in [2.24, 2.45) is 0 Å². The second-order valence-corrected chi connectivity index (χ2v) is 6.82. The van der Waals surface area contributed by atoms with E-state index in [4.69, 9.17) is 13.6 Å². The van der Waals surface area contributed by atoms with Gasteiger partial charge in [-0.05, 0) is 40.5 Å². The van der Waals surface area contributed by atoms with E-state index in [0.29, 0.717) is 6.10 Å². The van der Waals surface area contributed by atoms with Gasteiger partial charge in [0.1, 0.15) is 11.2 Å². The molecule has 0 N–H and O–H groups in total. The molecule has 16 heavy (non-hydrogen) atoms. The van der Waals surface area contributed by atoms with E-state index in [0.717, 1.165) is 12.8 Å². The smallest absolute Gasteiger partial charge is 0.309 e. The molecule has 0 radical (unpaired) electrons. The fourth-order valence-electron chi connectivity index (χ4n) is 1.95. The van der Waals surface area contributed by atoms with Crippen molar-refractivity contribution < 1.29 is 13.6 Å². The molecule has 1 saturated carbocycles. The fourth-order valence-corrected chi connectivity index (χ4v) is 3.71. The molecule has 0 aromatic carbocycles. The molecule has 0 aromatic rings. The Morgan fingerprint density at radius 1 is 0.938 bits per heavy atom. The Kier molecular flexibility index (Phi) is 3.61. The van der Waals surface area contributed by atoms with Crippen LogP contribution < -0.4 is 0 Å². The van der Waals surface area contributed by atoms with Crippen molar-refractivity contribution in [3.05, 3.63) is 0 Å². The van der Waals surface area contributed by atoms with E-state index < -0.39 is 8.60 Å². The first-order chi connectivity index (χ1) is 7.41. The molecule has 1 heterocycles. The van der Waals surface area contributed by atoms with Gasteiger partial charge in [0.25, 0.3) is 0 Å². The molecule has 1 saturated heterocycles. The lowest BCUT2D eigenvalue weighted by Gasteiger charge is -2.29. The summed E-state index contributed by atoms with van der Waals surface area (Å²) in [6.45, 7) is 8.28. The second kappa shape index (κ2) is 4.53. The lowest BCUT2D eigenvalue weighted by Crippen LogP contribution is -2.41. The highest BCUT2D eigenvalue weighted by Gasteiger charge is 2.51. The average Bonchev–Trinajstić information content (AvgIpc) is 2.36. The van der Waals surface area contributed by atoms with E-state index in [2.05, 4.69) is 27.7 Å². The molecular formula is C12H23O3P. The van der Waals surface area contributed by atoms with Crippen LogP contribution in [-0.4, -0.2) is 17.3 Å². The van der Waals surface area contributed by atoms with Gasteiger partial charge < -0.3 is 13.6 Å². The summed E-state index contributed by atoms with van der Waals surface area (Å²) in [7, 11) is -1.14. The van der Waals surface area contributed by atoms with E-state index in [-0.39, 0.29) is 11.2 Å². The van der Waals surface area contributed by atoms with E-state index in [9.17, 15) is 0 Å². The fraction of sp³-hybridized carbons (Fsp3) is 1.00. The molecule has 0 amide bonds. The molecule has 4 heteroatoms. The number of rotatable bonds is 2. The van der Waals surface area contributed by atoms with Gasteiger partial charge in [0, 0.05) is 0 Å². The van der Waals surface area contributed by atoms with Crippen molar-refractivity contribution in [1.82, 2.24) is 0 Å². The van der Waals surface area contributed by atoms with Crippen molar-refractivity contribution in [3.8, 4) is 0 Å². The van der Waals surface area contributed by atoms with Crippen LogP contribution in [-0.2, 0) is 13.6 Å². The predicted molar refractivity (Wildman–Crippen MR) is 65.2 cm³/mol. The molecule has 0 atom stereocenters. The number of hydrogen-bond acceptors (Lipinski definition) is 3. The summed E-state index contributed by atoms with van der Waals surface area (Å²) in [6, 6.07) is 0. The van der Waals surface area contributed by atoms with E-state index in [1.165, 1.54) is 19.3 Å². The summed E-state index contributed by atoms with van der Waals surface area (Å²) in [5, 5.41) is 0. The maximum atomic E-state index is 5.94. The molecule has 1 aliphatic heterocycles. The Hall–Kier alpha value is 0.310. The Balaban J connectivity index is 1.88. The van der Waals surface area contributed by atoms with Crippen LogP contribution in [0.1, 0.15) is 59.8 Å². The van der Waals surface area contributed by atoms with Gasteiger partial charge in [0.05, 0.1) is 6.10 Å². The minimum absolute atomic E-state index is 0.257. The van der Waals surface area contributed by atoms with Crippen LogP contribution in [0.15, 0.2) is 0 Å². The largest absolute Gasteiger partial charge is 0.334 e. The quantitative estimate of drug-likeness (QED) is 0.684. The van der Waals surface area contributed by atoms with Crippen LogP contribution >= 0.6 is 8.60 Å². The first-order valence-corrected chi connectivity index (χ1v) is 7.35. The molecule has 2 fully saturated rings. The lowest BCUT2D eigenvalue weighted by atomic mass is 9.90. The zero-order valence-electron chi connectivity index (χ0n) is 10.8. The molecule has 94 valence electrons. The van der Waals surface area contributed by atoms with Crippen LogP contribution in [0.5, 0.6) is 0 Å². The minimum atomic E-state index is -1.14. The van der Waals surface area contributed by atoms with E-state index in [1.807, 2.05) is 0 Å². The third kappa shape index (κ3) is 2.59. The highest BCUT2D eigenvalue weighted by molar-refractivity contribution is 7.42. The maximum absolute atomic E-state index is 5.94. The van der Waals surface area contributed by atoms with Crippen LogP contribution in [0.3, 0.4) is 0 Å². The Labute approximate surface area is 99.8 Å². The third-order valence-electron chi connectivity index (χ3n) is 3.84. The molecule has 0 bridgehead atoms. The summed E-state index contributed by atoms with van der Waals surface area (Å²) in [5.41, 5.74) is -0.513. The van der Waals surface area contributed by atoms with Gasteiger partial charge in [-0.3, -0.25) is 0 Å². The Morgan fingerprint density at radius 2 is 1.44 bits per heavy atom. The van der Waals surface area contributed by atoms with Crippen LogP contribution in [0.2, 0.25) is 0 Å². The molecule has 0 unspecified atom stereocenters. The molecule has 3 nitrogen and oxygen atoms in total. The van der Waals surface area contributed by atoms with Crippen molar-refractivity contribution in [2.75, 3.05) is 0 Å². The Bertz CT molecular complexity index is 231. The monoisotopic (exact) mass is 246 g/mol. The minimum Gasteiger partial charge on any atom is -0.309 e. The standard InChI is InChI=1S/C12H23O3P/c1-11(2)12(3,4)15-16(14-11)13-10-8-6-5-7-9-10/h10H,5-9H2,1-4H3. The normalized spacial score (nSPS) is 30.8. The van der Waals surface area contributed by atoms with Gasteiger partial charge in [-0.2, -0.15) is 0 Å². The summed E-state index contributed by atoms with van der Waals surface area (Å²) >= 11 is 0. The van der Waals surface area contributed by atoms with Gasteiger partial charge in [-0.15, -0.1) is 0 Å². The molecule has 1 aliphatic carbocycles. The molecular weight excluding hydrogens is 223 g/mol. The zero-order valence-corrected chi connectivity index (χ0v) is 11.7. The molecule has 0 spiro atoms. The summed E-state index contributed by atoms with van der Waals surface area (Å²) in [5.74, 6) is 0. The van der Waals surface area contributed by atoms with Gasteiger partial charge in [-0.1, -0.05) is 19.3 Å². The first kappa shape index (κ1) is 12.8. The van der Waals surface area contributed by atoms with E-state index in [1.54, 1.807) is 0 Å². The van der Waals surface area contributed by atoms with Crippen LogP contribution in [0, 0.1) is 0 Å². The highest BCUT2D eigenvalue weighted by atomic mass is 31.2. The molecule has 0 aromatic heterocycles. The average molecular weight is 246 g/mol. The highest BCUT2D eigenvalue weighted by Crippen LogP contribution is 2.59. The predicted octanol–water partition coefficient (Wildman–Crippen LogP) is 4.17. The number of hydrogen-bond donors (Lipinski definition) is 0. The zero-order chi connectivity index (χ0) is 11.8. The summed E-state index contributed by atoms with van der Waals surface area (Å²) in [4.78, 5) is 0. The van der Waals surface area contributed by atoms with Crippen molar-refractivity contribution >= 4 is 8.60 Å². The first-order valence-electron chi connectivity index (χ1n) is 6.26. The topological polar surface area (TPSA) is 27.7 Å². The summed E-state index contributed by atoms with van der Waals surface area (Å²) < 4.78 is 17.7. The van der Waals surface area contributed by atoms with Gasteiger partial charge in [0.2, 0.25) is 0 Å². The lowest BCUT2D eigenvalue weighted by molar-refractivity contribution is 0.00578. The third-order valence-corrected chi connectivity index (χ3v) is 5.52. The van der Waals surface area contributed by atoms with Crippen LogP contribution in [0.25, 0.3) is 0 Å². The van der Waals surface area contributed by atoms with Crippen molar-refractivity contribution in [2.45, 2.75) is 77.1 Å². The van der Waals surface area contributed by atoms with E-state index >= 15 is 0 Å². The Morgan fingerprint density at radius 3 is 1.94 bits per heavy atom. The van der Waals surface area contributed by atoms with Gasteiger partial charge in [0.15, 0.2) is 0 Å². The van der Waals surface area contributed by atoms with Gasteiger partial charge >= 0.3 is 8.60 Å². The van der Waals surface area contributed by atoms with Crippen molar-refractivity contribution in [1.29, 1.82) is 0 Å². The summed E-state index contributed by atoms with van der Waals surface area (Å²) in [6.07, 6.45) is 6.57. The van der Waals surface area contributed by atoms with Crippen LogP contribution in [0.4, 0.5) is 0 Å². The van der Waals surface area contributed by atoms with Crippen molar-refractivity contribution in [3.63, 3.8) is 0 Å². The molecule has 2 aliphatic rings. The second-order valence-electron chi connectivity index (χ2n) is 5.79. The van der Waals surface area contributed by atoms with Gasteiger partial charge in [-0.25, -0.2) is 0 Å². The maximum Gasteiger partial charge on any atom is 0.334 e. The SMILES string of the molecule is CC1(C)OP(OC2CCCCC2)OC1(C)C. The molecule has 2 rings (SSSR count).